The normalized spacial score (nSPS) is 18.4. The van der Waals surface area contributed by atoms with Gasteiger partial charge in [-0.15, -0.1) is 0 Å². The number of hydrogen-bond donors (Lipinski definition) is 0. The Morgan fingerprint density at radius 1 is 1.11 bits per heavy atom. The van der Waals surface area contributed by atoms with Crippen molar-refractivity contribution >= 4 is 0 Å². The van der Waals surface area contributed by atoms with E-state index in [1.807, 2.05) is 0 Å². The molecule has 0 aliphatic carbocycles. The first kappa shape index (κ1) is 14.6. The van der Waals surface area contributed by atoms with Crippen LogP contribution >= 0.6 is 0 Å². The fourth-order valence-electron chi connectivity index (χ4n) is 3.09. The van der Waals surface area contributed by atoms with Crippen LogP contribution in [0.4, 0.5) is 0 Å². The molecule has 0 amide bonds. The maximum absolute atomic E-state index is 2.62. The Labute approximate surface area is 119 Å². The van der Waals surface area contributed by atoms with Crippen molar-refractivity contribution < 1.29 is 0 Å². The molecule has 1 aromatic carbocycles. The maximum Gasteiger partial charge on any atom is 0.0233 e. The Morgan fingerprint density at radius 3 is 2.37 bits per heavy atom. The molecule has 1 heterocycles. The molecular formula is C18H29N. The highest BCUT2D eigenvalue weighted by Crippen LogP contribution is 2.25. The first-order chi connectivity index (χ1) is 9.06. The summed E-state index contributed by atoms with van der Waals surface area (Å²) >= 11 is 0. The molecule has 0 N–H and O–H groups in total. The second-order valence-corrected chi connectivity index (χ2v) is 6.76. The van der Waals surface area contributed by atoms with Crippen LogP contribution in [0.25, 0.3) is 0 Å². The number of nitrogens with zero attached hydrogens (tertiary/aromatic N) is 1. The van der Waals surface area contributed by atoms with Gasteiger partial charge in [-0.25, -0.2) is 0 Å². The summed E-state index contributed by atoms with van der Waals surface area (Å²) in [6.45, 7) is 13.0. The molecule has 2 rings (SSSR count). The fraction of sp³-hybridized carbons (Fsp3) is 0.667. The zero-order valence-electron chi connectivity index (χ0n) is 13.0. The van der Waals surface area contributed by atoms with E-state index in [1.54, 1.807) is 0 Å². The van der Waals surface area contributed by atoms with Gasteiger partial charge in [-0.1, -0.05) is 52.0 Å². The molecule has 1 aliphatic heterocycles. The third-order valence-electron chi connectivity index (χ3n) is 4.60. The van der Waals surface area contributed by atoms with E-state index in [9.17, 15) is 0 Å². The Bertz CT molecular complexity index is 386. The minimum atomic E-state index is 0.631. The summed E-state index contributed by atoms with van der Waals surface area (Å²) < 4.78 is 0. The summed E-state index contributed by atoms with van der Waals surface area (Å²) in [5.74, 6) is 2.43. The Balaban J connectivity index is 1.90. The van der Waals surface area contributed by atoms with Gasteiger partial charge in [0.15, 0.2) is 0 Å². The molecule has 1 aromatic rings. The van der Waals surface area contributed by atoms with Gasteiger partial charge < -0.3 is 0 Å². The topological polar surface area (TPSA) is 3.24 Å². The van der Waals surface area contributed by atoms with E-state index >= 15 is 0 Å². The summed E-state index contributed by atoms with van der Waals surface area (Å²) in [6, 6.07) is 9.13. The third kappa shape index (κ3) is 4.07. The lowest BCUT2D eigenvalue weighted by Crippen LogP contribution is -2.34. The van der Waals surface area contributed by atoms with Crippen molar-refractivity contribution in [2.75, 3.05) is 13.1 Å². The van der Waals surface area contributed by atoms with Crippen molar-refractivity contribution in [3.63, 3.8) is 0 Å². The van der Waals surface area contributed by atoms with Gasteiger partial charge in [-0.05, 0) is 54.8 Å². The van der Waals surface area contributed by atoms with Gasteiger partial charge in [0.2, 0.25) is 0 Å². The van der Waals surface area contributed by atoms with E-state index in [1.165, 1.54) is 37.1 Å². The van der Waals surface area contributed by atoms with Gasteiger partial charge in [-0.2, -0.15) is 0 Å². The van der Waals surface area contributed by atoms with Crippen LogP contribution < -0.4 is 0 Å². The summed E-state index contributed by atoms with van der Waals surface area (Å²) in [7, 11) is 0. The van der Waals surface area contributed by atoms with Crippen LogP contribution in [-0.2, 0) is 6.54 Å². The first-order valence-electron chi connectivity index (χ1n) is 7.87. The molecule has 1 heteroatoms. The van der Waals surface area contributed by atoms with Crippen LogP contribution in [0.5, 0.6) is 0 Å². The van der Waals surface area contributed by atoms with E-state index < -0.39 is 0 Å². The van der Waals surface area contributed by atoms with E-state index in [0.29, 0.717) is 5.92 Å². The number of benzene rings is 1. The molecule has 1 aliphatic rings. The van der Waals surface area contributed by atoms with Gasteiger partial charge in [0.05, 0.1) is 0 Å². The van der Waals surface area contributed by atoms with Gasteiger partial charge in [0.25, 0.3) is 0 Å². The van der Waals surface area contributed by atoms with Crippen molar-refractivity contribution in [3.8, 4) is 0 Å². The monoisotopic (exact) mass is 259 g/mol. The van der Waals surface area contributed by atoms with Crippen molar-refractivity contribution in [2.45, 2.75) is 53.0 Å². The van der Waals surface area contributed by atoms with E-state index in [2.05, 4.69) is 56.9 Å². The zero-order chi connectivity index (χ0) is 13.8. The molecule has 1 nitrogen and oxygen atoms in total. The van der Waals surface area contributed by atoms with E-state index in [0.717, 1.165) is 18.4 Å². The molecule has 19 heavy (non-hydrogen) atoms. The number of rotatable bonds is 4. The van der Waals surface area contributed by atoms with Crippen LogP contribution in [0, 0.1) is 11.8 Å². The average molecular weight is 259 g/mol. The lowest BCUT2D eigenvalue weighted by Gasteiger charge is -2.34. The van der Waals surface area contributed by atoms with Gasteiger partial charge in [-0.3, -0.25) is 4.90 Å². The summed E-state index contributed by atoms with van der Waals surface area (Å²) in [4.78, 5) is 2.62. The van der Waals surface area contributed by atoms with Crippen molar-refractivity contribution in [1.29, 1.82) is 0 Å². The molecule has 1 fully saturated rings. The van der Waals surface area contributed by atoms with Crippen LogP contribution in [-0.4, -0.2) is 18.0 Å². The maximum atomic E-state index is 2.62. The fourth-order valence-corrected chi connectivity index (χ4v) is 3.09. The number of likely N-dealkylation sites (tertiary alicyclic amines) is 1. The minimum absolute atomic E-state index is 0.631. The van der Waals surface area contributed by atoms with Crippen molar-refractivity contribution in [1.82, 2.24) is 4.90 Å². The highest BCUT2D eigenvalue weighted by atomic mass is 15.1. The third-order valence-corrected chi connectivity index (χ3v) is 4.60. The smallest absolute Gasteiger partial charge is 0.0233 e. The molecule has 106 valence electrons. The molecular weight excluding hydrogens is 230 g/mol. The van der Waals surface area contributed by atoms with Crippen molar-refractivity contribution in [3.05, 3.63) is 35.4 Å². The number of hydrogen-bond acceptors (Lipinski definition) is 1. The van der Waals surface area contributed by atoms with Gasteiger partial charge >= 0.3 is 0 Å². The SMILES string of the molecule is CC(C)c1cccc(CN2CCC(C(C)C)CC2)c1. The molecule has 0 aromatic heterocycles. The van der Waals surface area contributed by atoms with Gasteiger partial charge in [0, 0.05) is 6.54 Å². The highest BCUT2D eigenvalue weighted by molar-refractivity contribution is 5.25. The molecule has 0 saturated carbocycles. The molecule has 0 radical (unpaired) electrons. The quantitative estimate of drug-likeness (QED) is 0.759. The zero-order valence-corrected chi connectivity index (χ0v) is 13.0. The summed E-state index contributed by atoms with van der Waals surface area (Å²) in [6.07, 6.45) is 2.75. The average Bonchev–Trinajstić information content (AvgIpc) is 2.39. The van der Waals surface area contributed by atoms with E-state index in [4.69, 9.17) is 0 Å². The Hall–Kier alpha value is -0.820. The lowest BCUT2D eigenvalue weighted by atomic mass is 9.86. The molecule has 1 saturated heterocycles. The molecule has 0 atom stereocenters. The van der Waals surface area contributed by atoms with Crippen LogP contribution in [0.2, 0.25) is 0 Å². The first-order valence-corrected chi connectivity index (χ1v) is 7.87. The van der Waals surface area contributed by atoms with Crippen LogP contribution in [0.15, 0.2) is 24.3 Å². The predicted molar refractivity (Wildman–Crippen MR) is 83.4 cm³/mol. The summed E-state index contributed by atoms with van der Waals surface area (Å²) in [5, 5.41) is 0. The van der Waals surface area contributed by atoms with Crippen molar-refractivity contribution in [2.24, 2.45) is 11.8 Å². The summed E-state index contributed by atoms with van der Waals surface area (Å²) in [5.41, 5.74) is 2.95. The Morgan fingerprint density at radius 2 is 1.79 bits per heavy atom. The minimum Gasteiger partial charge on any atom is -0.299 e. The standard InChI is InChI=1S/C18H29N/c1-14(2)17-8-10-19(11-9-17)13-16-6-5-7-18(12-16)15(3)4/h5-7,12,14-15,17H,8-11,13H2,1-4H3. The number of piperidine rings is 1. The molecule has 0 unspecified atom stereocenters. The molecule has 0 spiro atoms. The molecule has 0 bridgehead atoms. The second-order valence-electron chi connectivity index (χ2n) is 6.76. The predicted octanol–water partition coefficient (Wildman–Crippen LogP) is 4.68. The van der Waals surface area contributed by atoms with E-state index in [-0.39, 0.29) is 0 Å². The van der Waals surface area contributed by atoms with Crippen LogP contribution in [0.1, 0.15) is 57.6 Å². The second kappa shape index (κ2) is 6.56. The van der Waals surface area contributed by atoms with Gasteiger partial charge in [0.1, 0.15) is 0 Å². The largest absolute Gasteiger partial charge is 0.299 e. The van der Waals surface area contributed by atoms with Crippen LogP contribution in [0.3, 0.4) is 0 Å². The lowest BCUT2D eigenvalue weighted by molar-refractivity contribution is 0.152. The highest BCUT2D eigenvalue weighted by Gasteiger charge is 2.21. The Kier molecular flexibility index (Phi) is 5.04.